The van der Waals surface area contributed by atoms with Crippen LogP contribution in [0.3, 0.4) is 0 Å². The summed E-state index contributed by atoms with van der Waals surface area (Å²) < 4.78 is 11.4. The molecule has 1 aromatic carbocycles. The Morgan fingerprint density at radius 3 is 1.21 bits per heavy atom. The number of ether oxygens (including phenoxy) is 1. The van der Waals surface area contributed by atoms with Crippen LogP contribution in [0.1, 0.15) is 186 Å². The highest BCUT2D eigenvalue weighted by Gasteiger charge is 2.37. The van der Waals surface area contributed by atoms with Crippen molar-refractivity contribution in [1.82, 2.24) is 57.7 Å². The number of imide groups is 2. The summed E-state index contributed by atoms with van der Waals surface area (Å²) in [4.78, 5) is 193. The van der Waals surface area contributed by atoms with E-state index in [-0.39, 0.29) is 134 Å². The zero-order valence-electron chi connectivity index (χ0n) is 60.5. The fourth-order valence-electron chi connectivity index (χ4n) is 10.4. The average Bonchev–Trinajstić information content (AvgIpc) is 1.68. The number of benzene rings is 1. The summed E-state index contributed by atoms with van der Waals surface area (Å²) in [6.07, 6.45) is 5.57. The molecule has 16 amide bonds. The van der Waals surface area contributed by atoms with Gasteiger partial charge >= 0.3 is 18.1 Å². The number of amides is 16. The molecule has 2 aliphatic heterocycles. The summed E-state index contributed by atoms with van der Waals surface area (Å²) in [7, 11) is 0. The Labute approximate surface area is 582 Å². The molecule has 3 rings (SSSR count). The van der Waals surface area contributed by atoms with Crippen LogP contribution in [-0.4, -0.2) is 180 Å². The molecule has 1 aromatic rings. The minimum atomic E-state index is -1.16. The molecule has 2 aliphatic rings. The van der Waals surface area contributed by atoms with Crippen LogP contribution in [0.2, 0.25) is 0 Å². The second-order valence-corrected chi connectivity index (χ2v) is 25.7. The predicted octanol–water partition coefficient (Wildman–Crippen LogP) is 2.08. The number of Topliss-reactive ketones (excluding diaryl/α,β-unsaturated/α-hetero) is 2. The van der Waals surface area contributed by atoms with Crippen LogP contribution in [0.4, 0.5) is 20.1 Å². The zero-order valence-corrected chi connectivity index (χ0v) is 59.5. The van der Waals surface area contributed by atoms with Gasteiger partial charge in [-0.1, -0.05) is 87.3 Å². The van der Waals surface area contributed by atoms with Gasteiger partial charge in [0, 0.05) is 75.9 Å². The third kappa shape index (κ3) is 35.8. The van der Waals surface area contributed by atoms with Crippen molar-refractivity contribution in [3.63, 3.8) is 0 Å². The summed E-state index contributed by atoms with van der Waals surface area (Å²) in [6.45, 7) is 21.4. The molecule has 0 aliphatic carbocycles. The lowest BCUT2D eigenvalue weighted by molar-refractivity contribution is -0.140. The highest BCUT2D eigenvalue weighted by molar-refractivity contribution is 6.04. The number of rotatable bonds is 43. The summed E-state index contributed by atoms with van der Waals surface area (Å²) in [6, 6.07) is 0.124. The number of carbonyl (C=O) groups is 16. The molecule has 0 bridgehead atoms. The summed E-state index contributed by atoms with van der Waals surface area (Å²) >= 11 is 0. The molecule has 32 heteroatoms. The van der Waals surface area contributed by atoms with Gasteiger partial charge in [0.25, 0.3) is 6.45 Å². The third-order valence-corrected chi connectivity index (χ3v) is 16.1. The van der Waals surface area contributed by atoms with Crippen molar-refractivity contribution in [2.75, 3.05) is 44.6 Å². The van der Waals surface area contributed by atoms with Crippen LogP contribution in [0.15, 0.2) is 24.3 Å². The summed E-state index contributed by atoms with van der Waals surface area (Å²) in [5, 5.41) is 26.8. The molecule has 8 atom stereocenters. The molecule has 2 heterocycles. The first-order chi connectivity index (χ1) is 47.0. The molecule has 0 radical (unpaired) electrons. The number of urea groups is 3. The van der Waals surface area contributed by atoms with Gasteiger partial charge in [-0.05, 0) is 120 Å². The molecule has 99 heavy (non-hydrogen) atoms. The Morgan fingerprint density at radius 2 is 0.889 bits per heavy atom. The molecule has 2 fully saturated rings. The number of hydrogen-bond acceptors (Lipinski definition) is 18. The van der Waals surface area contributed by atoms with E-state index in [0.29, 0.717) is 115 Å². The van der Waals surface area contributed by atoms with Crippen LogP contribution < -0.4 is 70.4 Å². The molecule has 0 spiro atoms. The standard InChI is InChI=1S/C30H44N6O8.C23H39N5O6.C14H28N4O3/c1-19(2)26(35-24(38)9-5-4-6-15-36-25(39)16-20(3)29(36)42)28(41)34-23(8-7-14-32-30(31)43)27(40)33-22-12-10-21(11-13-22)17-44-18-37;1-14(2)20(21(32)26-17(16(4)29)9-8-11-25-23(24)34)27-18(30)10-6-5-7-12-28-19(31)13-15(3)22(28)33;1-5-16-12(9(2)3)13(20)18-11(10(4)19)7-6-8-17-14(15)21/h10-13,18-20,23,26H,4-9,14-17H2,1-3H3,(H,33,40)(H,34,41)(H,35,38)(H3,31,32,43);14-15,17,20H,5-13H2,1-4H3,(H,26,32)(H,27,30)(H3,24,25,34);9,11-12,16H,5-8H2,1-4H3,(H,18,20)(H3,15,17,21)/t20?,23-,26-;15?,17-,20-;11-,12-/m000/s1/i18D;;. The number of anilines is 1. The summed E-state index contributed by atoms with van der Waals surface area (Å²) in [5.74, 6) is -4.13. The molecule has 16 N–H and O–H groups in total. The number of primary amides is 3. The normalized spacial score (nSPS) is 16.0. The number of likely N-dealkylation sites (tertiary alicyclic amines) is 2. The van der Waals surface area contributed by atoms with E-state index in [2.05, 4.69) is 57.9 Å². The molecule has 32 nitrogen and oxygen atoms in total. The van der Waals surface area contributed by atoms with Crippen molar-refractivity contribution in [2.45, 2.75) is 222 Å². The summed E-state index contributed by atoms with van der Waals surface area (Å²) in [5.41, 5.74) is 16.1. The van der Waals surface area contributed by atoms with Crippen LogP contribution in [-0.2, 0) is 73.7 Å². The van der Waals surface area contributed by atoms with Crippen molar-refractivity contribution < 1.29 is 82.8 Å². The second kappa shape index (κ2) is 47.8. The number of ketones is 2. The van der Waals surface area contributed by atoms with Crippen molar-refractivity contribution in [1.29, 1.82) is 0 Å². The minimum absolute atomic E-state index is 0.0929. The van der Waals surface area contributed by atoms with E-state index in [9.17, 15) is 76.7 Å². The molecule has 0 aromatic heterocycles. The Bertz CT molecular complexity index is 2920. The molecular formula is C67H111N15O17. The van der Waals surface area contributed by atoms with Gasteiger partial charge in [0.05, 0.1) is 18.1 Å². The lowest BCUT2D eigenvalue weighted by Gasteiger charge is -2.25. The van der Waals surface area contributed by atoms with E-state index in [1.807, 2.05) is 20.8 Å². The van der Waals surface area contributed by atoms with E-state index in [4.69, 9.17) is 18.6 Å². The number of unbranched alkanes of at least 4 members (excludes halogenated alkanes) is 4. The van der Waals surface area contributed by atoms with Crippen LogP contribution in [0, 0.1) is 29.6 Å². The van der Waals surface area contributed by atoms with Gasteiger partial charge in [-0.3, -0.25) is 72.1 Å². The molecule has 0 saturated carbocycles. The van der Waals surface area contributed by atoms with Gasteiger partial charge < -0.3 is 75.1 Å². The first kappa shape index (κ1) is 86.0. The van der Waals surface area contributed by atoms with Crippen LogP contribution >= 0.6 is 0 Å². The van der Waals surface area contributed by atoms with Crippen molar-refractivity contribution in [3.8, 4) is 0 Å². The molecular weight excluding hydrogens is 1290 g/mol. The number of carbonyl (C=O) groups excluding carboxylic acids is 16. The van der Waals surface area contributed by atoms with E-state index in [1.165, 1.54) is 23.6 Å². The quantitative estimate of drug-likeness (QED) is 0.0253. The van der Waals surface area contributed by atoms with E-state index in [1.54, 1.807) is 65.8 Å². The van der Waals surface area contributed by atoms with Crippen LogP contribution in [0.25, 0.3) is 0 Å². The predicted molar refractivity (Wildman–Crippen MR) is 367 cm³/mol. The third-order valence-electron chi connectivity index (χ3n) is 16.1. The Balaban J connectivity index is 0.000000802. The Hall–Kier alpha value is -9.10. The smallest absolute Gasteiger partial charge is 0.312 e. The minimum Gasteiger partial charge on any atom is -0.463 e. The maximum atomic E-state index is 13.3. The fraction of sp³-hybridized carbons (Fsp3) is 0.672. The highest BCUT2D eigenvalue weighted by atomic mass is 16.5. The van der Waals surface area contributed by atoms with Gasteiger partial charge in [-0.15, -0.1) is 0 Å². The number of likely N-dealkylation sites (N-methyl/N-ethyl adjacent to an activating group) is 1. The van der Waals surface area contributed by atoms with Gasteiger partial charge in [0.1, 0.15) is 24.7 Å². The fourth-order valence-corrected chi connectivity index (χ4v) is 10.4. The van der Waals surface area contributed by atoms with Gasteiger partial charge in [-0.25, -0.2) is 14.4 Å². The lowest BCUT2D eigenvalue weighted by atomic mass is 10.0. The topological polar surface area (TPSA) is 487 Å². The van der Waals surface area contributed by atoms with Gasteiger partial charge in [0.2, 0.25) is 59.1 Å². The number of hydrogen-bond donors (Lipinski definition) is 13. The number of nitrogens with one attached hydrogen (secondary N) is 10. The molecule has 2 saturated heterocycles. The van der Waals surface area contributed by atoms with Crippen molar-refractivity contribution in [3.05, 3.63) is 29.8 Å². The Morgan fingerprint density at radius 1 is 0.525 bits per heavy atom. The SMILES string of the molecule is CC(=O)[C@H](CCCNC(N)=O)NC(=O)[C@@H](NC(=O)CCCCCN1C(=O)CC(C)C1=O)C(C)C.CCN[C@H](C(=O)N[C@@H](CCCNC(N)=O)C(C)=O)C(C)C.[2H]C(=O)OCc1ccc(NC(=O)[C@H](CCCNC(N)=O)NC(=O)[C@@H](NC(=O)CCCCCN2C(=O)CC(C)C2=O)C(C)C)cc1. The lowest BCUT2D eigenvalue weighted by Crippen LogP contribution is -2.54. The average molecular weight is 1400 g/mol. The largest absolute Gasteiger partial charge is 0.463 e. The monoisotopic (exact) mass is 1400 g/mol. The first-order valence-corrected chi connectivity index (χ1v) is 34.1. The maximum Gasteiger partial charge on any atom is 0.312 e. The first-order valence-electron chi connectivity index (χ1n) is 34.6. The highest BCUT2D eigenvalue weighted by Crippen LogP contribution is 2.21. The second-order valence-electron chi connectivity index (χ2n) is 25.7. The van der Waals surface area contributed by atoms with Gasteiger partial charge in [-0.2, -0.15) is 0 Å². The molecule has 556 valence electrons. The maximum absolute atomic E-state index is 13.3. The molecule has 2 unspecified atom stereocenters. The van der Waals surface area contributed by atoms with E-state index < -0.39 is 72.5 Å². The van der Waals surface area contributed by atoms with Gasteiger partial charge in [0.15, 0.2) is 12.9 Å². The van der Waals surface area contributed by atoms with Crippen molar-refractivity contribution in [2.24, 2.45) is 46.8 Å². The number of nitrogens with two attached hydrogens (primary N) is 3. The van der Waals surface area contributed by atoms with Crippen LogP contribution in [0.5, 0.6) is 0 Å². The zero-order chi connectivity index (χ0) is 75.8. The van der Waals surface area contributed by atoms with Crippen molar-refractivity contribution >= 4 is 101 Å². The van der Waals surface area contributed by atoms with E-state index in [0.717, 1.165) is 0 Å². The Kier molecular flexibility index (Phi) is 41.5. The number of nitrogens with zero attached hydrogens (tertiary/aromatic N) is 2. The van der Waals surface area contributed by atoms with E-state index >= 15 is 0 Å².